The third-order valence-corrected chi connectivity index (χ3v) is 6.72. The number of Topliss-reactive ketones (excluding diaryl/α,β-unsaturated/α-hetero) is 1. The lowest BCUT2D eigenvalue weighted by Crippen LogP contribution is -2.70. The number of likely N-dealkylation sites (tertiary alicyclic amines) is 1. The number of methoxy groups -OCH3 is 3. The van der Waals surface area contributed by atoms with Crippen molar-refractivity contribution in [3.05, 3.63) is 17.7 Å². The number of piperidine rings is 1. The van der Waals surface area contributed by atoms with Gasteiger partial charge in [0.25, 0.3) is 23.5 Å². The molecular weight excluding hydrogens is 416 g/mol. The Morgan fingerprint density at radius 1 is 0.812 bits per heavy atom. The number of hydrogen-bond donors (Lipinski definition) is 0. The van der Waals surface area contributed by atoms with Gasteiger partial charge in [-0.1, -0.05) is 12.8 Å². The van der Waals surface area contributed by atoms with E-state index < -0.39 is 23.8 Å². The van der Waals surface area contributed by atoms with Crippen LogP contribution in [0.2, 0.25) is 0 Å². The smallest absolute Gasteiger partial charge is 0.296 e. The highest BCUT2D eigenvalue weighted by atomic mass is 16.5. The van der Waals surface area contributed by atoms with E-state index in [1.54, 1.807) is 0 Å². The third kappa shape index (κ3) is 3.49. The van der Waals surface area contributed by atoms with Crippen molar-refractivity contribution in [2.24, 2.45) is 0 Å². The molecule has 3 aliphatic rings. The number of piperazine rings is 1. The largest absolute Gasteiger partial charge is 0.493 e. The third-order valence-electron chi connectivity index (χ3n) is 6.72. The molecule has 4 rings (SSSR count). The normalized spacial score (nSPS) is 23.3. The Labute approximate surface area is 186 Å². The molecule has 1 aromatic rings. The molecule has 1 saturated carbocycles. The Kier molecular flexibility index (Phi) is 6.08. The number of ether oxygens (including phenoxy) is 3. The minimum atomic E-state index is -0.859. The minimum absolute atomic E-state index is 0.0423. The predicted octanol–water partition coefficient (Wildman–Crippen LogP) is 1.96. The first kappa shape index (κ1) is 22.1. The summed E-state index contributed by atoms with van der Waals surface area (Å²) in [6.45, 7) is 0. The number of rotatable bonds is 6. The average Bonchev–Trinajstić information content (AvgIpc) is 3.35. The summed E-state index contributed by atoms with van der Waals surface area (Å²) in [7, 11) is 4.27. The Morgan fingerprint density at radius 3 is 1.81 bits per heavy atom. The van der Waals surface area contributed by atoms with Gasteiger partial charge in [0, 0.05) is 11.6 Å². The molecule has 0 spiro atoms. The van der Waals surface area contributed by atoms with Crippen LogP contribution in [0.3, 0.4) is 0 Å². The van der Waals surface area contributed by atoms with E-state index in [4.69, 9.17) is 14.2 Å². The van der Waals surface area contributed by atoms with Crippen molar-refractivity contribution in [1.29, 1.82) is 0 Å². The van der Waals surface area contributed by atoms with Gasteiger partial charge in [-0.2, -0.15) is 0 Å². The topological polar surface area (TPSA) is 102 Å². The van der Waals surface area contributed by atoms with Gasteiger partial charge in [-0.15, -0.1) is 0 Å². The number of imide groups is 1. The van der Waals surface area contributed by atoms with E-state index >= 15 is 0 Å². The monoisotopic (exact) mass is 444 g/mol. The zero-order chi connectivity index (χ0) is 23.0. The molecule has 2 heterocycles. The summed E-state index contributed by atoms with van der Waals surface area (Å²) in [6, 6.07) is 1.13. The first-order chi connectivity index (χ1) is 15.4. The van der Waals surface area contributed by atoms with Crippen LogP contribution in [0.1, 0.15) is 55.3 Å². The van der Waals surface area contributed by atoms with Crippen LogP contribution in [-0.4, -0.2) is 72.8 Å². The van der Waals surface area contributed by atoms with Crippen LogP contribution in [0, 0.1) is 0 Å². The number of hydrogen-bond acceptors (Lipinski definition) is 7. The Bertz CT molecular complexity index is 905. The maximum absolute atomic E-state index is 13.3. The minimum Gasteiger partial charge on any atom is -0.493 e. The van der Waals surface area contributed by atoms with Gasteiger partial charge in [-0.05, 0) is 44.2 Å². The molecule has 3 fully saturated rings. The van der Waals surface area contributed by atoms with E-state index in [2.05, 4.69) is 0 Å². The molecule has 3 amide bonds. The molecule has 172 valence electrons. The van der Waals surface area contributed by atoms with Gasteiger partial charge in [0.05, 0.1) is 21.3 Å². The maximum Gasteiger partial charge on any atom is 0.296 e. The second kappa shape index (κ2) is 8.80. The molecule has 2 saturated heterocycles. The first-order valence-corrected chi connectivity index (χ1v) is 11.0. The van der Waals surface area contributed by atoms with E-state index in [1.165, 1.54) is 43.3 Å². The summed E-state index contributed by atoms with van der Waals surface area (Å²) in [5.41, 5.74) is 0.0423. The summed E-state index contributed by atoms with van der Waals surface area (Å²) in [5, 5.41) is 0. The molecule has 32 heavy (non-hydrogen) atoms. The molecule has 9 nitrogen and oxygen atoms in total. The van der Waals surface area contributed by atoms with Crippen LogP contribution >= 0.6 is 0 Å². The summed E-state index contributed by atoms with van der Waals surface area (Å²) < 4.78 is 15.8. The van der Waals surface area contributed by atoms with E-state index in [1.807, 2.05) is 0 Å². The molecule has 2 unspecified atom stereocenters. The van der Waals surface area contributed by atoms with Crippen molar-refractivity contribution in [1.82, 2.24) is 9.80 Å². The fourth-order valence-electron chi connectivity index (χ4n) is 5.17. The van der Waals surface area contributed by atoms with Crippen molar-refractivity contribution in [2.75, 3.05) is 21.3 Å². The number of benzene rings is 1. The van der Waals surface area contributed by atoms with Crippen molar-refractivity contribution in [3.8, 4) is 17.2 Å². The Morgan fingerprint density at radius 2 is 1.34 bits per heavy atom. The zero-order valence-electron chi connectivity index (χ0n) is 18.6. The fraction of sp³-hybridized carbons (Fsp3) is 0.565. The quantitative estimate of drug-likeness (QED) is 0.375. The molecule has 2 atom stereocenters. The lowest BCUT2D eigenvalue weighted by atomic mass is 9.88. The molecule has 9 heteroatoms. The molecule has 0 aromatic heterocycles. The fourth-order valence-corrected chi connectivity index (χ4v) is 5.17. The van der Waals surface area contributed by atoms with Crippen LogP contribution in [-0.2, 0) is 14.4 Å². The molecule has 2 aliphatic heterocycles. The van der Waals surface area contributed by atoms with Crippen LogP contribution in [0.25, 0.3) is 0 Å². The van der Waals surface area contributed by atoms with Crippen molar-refractivity contribution in [2.45, 2.75) is 63.1 Å². The van der Waals surface area contributed by atoms with E-state index in [0.717, 1.165) is 25.7 Å². The van der Waals surface area contributed by atoms with E-state index in [9.17, 15) is 19.2 Å². The van der Waals surface area contributed by atoms with Crippen LogP contribution in [0.15, 0.2) is 12.1 Å². The Hall–Kier alpha value is -3.10. The van der Waals surface area contributed by atoms with Crippen LogP contribution in [0.5, 0.6) is 17.2 Å². The summed E-state index contributed by atoms with van der Waals surface area (Å²) in [6.07, 6.45) is 5.12. The highest BCUT2D eigenvalue weighted by Gasteiger charge is 2.53. The van der Waals surface area contributed by atoms with E-state index in [0.29, 0.717) is 25.0 Å². The molecule has 1 aliphatic carbocycles. The predicted molar refractivity (Wildman–Crippen MR) is 113 cm³/mol. The van der Waals surface area contributed by atoms with Gasteiger partial charge < -0.3 is 19.1 Å². The number of fused-ring (bicyclic) bond motifs is 2. The van der Waals surface area contributed by atoms with Crippen LogP contribution < -0.4 is 14.2 Å². The first-order valence-electron chi connectivity index (χ1n) is 11.0. The van der Waals surface area contributed by atoms with Gasteiger partial charge in [0.2, 0.25) is 5.75 Å². The van der Waals surface area contributed by atoms with E-state index in [-0.39, 0.29) is 34.9 Å². The SMILES string of the molecule is COc1cc(C(=O)C(=O)N2C3CCCC2C(=O)N(C2CCCC2)C3=O)cc(OC)c1OC. The lowest BCUT2D eigenvalue weighted by molar-refractivity contribution is -0.171. The van der Waals surface area contributed by atoms with Gasteiger partial charge in [-0.3, -0.25) is 24.1 Å². The molecule has 0 N–H and O–H groups in total. The van der Waals surface area contributed by atoms with Gasteiger partial charge in [0.15, 0.2) is 11.5 Å². The summed E-state index contributed by atoms with van der Waals surface area (Å²) in [5.74, 6) is -1.63. The highest BCUT2D eigenvalue weighted by molar-refractivity contribution is 6.43. The van der Waals surface area contributed by atoms with Crippen molar-refractivity contribution < 1.29 is 33.4 Å². The molecular formula is C23H28N2O7. The second-order valence-electron chi connectivity index (χ2n) is 8.40. The number of ketones is 1. The number of amides is 3. The number of carbonyl (C=O) groups excluding carboxylic acids is 4. The average molecular weight is 444 g/mol. The molecule has 2 bridgehead atoms. The standard InChI is InChI=1S/C23H28N2O7/c1-30-17-11-13(12-18(31-2)20(17)32-3)19(26)23(29)25-15-9-6-10-16(25)22(28)24(21(15)27)14-7-4-5-8-14/h11-12,14-16H,4-10H2,1-3H3. The van der Waals surface area contributed by atoms with Gasteiger partial charge >= 0.3 is 0 Å². The van der Waals surface area contributed by atoms with Gasteiger partial charge in [-0.25, -0.2) is 0 Å². The van der Waals surface area contributed by atoms with Gasteiger partial charge in [0.1, 0.15) is 12.1 Å². The maximum atomic E-state index is 13.3. The lowest BCUT2D eigenvalue weighted by Gasteiger charge is -2.48. The second-order valence-corrected chi connectivity index (χ2v) is 8.40. The number of nitrogens with zero attached hydrogens (tertiary/aromatic N) is 2. The highest BCUT2D eigenvalue weighted by Crippen LogP contribution is 2.39. The molecule has 0 radical (unpaired) electrons. The van der Waals surface area contributed by atoms with Crippen molar-refractivity contribution >= 4 is 23.5 Å². The molecule has 1 aromatic carbocycles. The zero-order valence-corrected chi connectivity index (χ0v) is 18.6. The van der Waals surface area contributed by atoms with Crippen LogP contribution in [0.4, 0.5) is 0 Å². The summed E-state index contributed by atoms with van der Waals surface area (Å²) in [4.78, 5) is 55.6. The number of carbonyl (C=O) groups is 4. The van der Waals surface area contributed by atoms with Crippen molar-refractivity contribution in [3.63, 3.8) is 0 Å². The summed E-state index contributed by atoms with van der Waals surface area (Å²) >= 11 is 0. The Balaban J connectivity index is 1.65.